The maximum atomic E-state index is 13.0. The Morgan fingerprint density at radius 2 is 2.06 bits per heavy atom. The number of thioether (sulfide) groups is 1. The van der Waals surface area contributed by atoms with Crippen molar-refractivity contribution in [1.29, 1.82) is 0 Å². The lowest BCUT2D eigenvalue weighted by Gasteiger charge is -2.07. The van der Waals surface area contributed by atoms with Crippen LogP contribution in [-0.2, 0) is 29.9 Å². The van der Waals surface area contributed by atoms with Crippen molar-refractivity contribution in [2.75, 3.05) is 5.75 Å². The SMILES string of the molecule is O=C(CSCc1nc2sc3c(c2c(=O)[nH]1)CCC3)NCc1ccc(Oc2ccc(F)cc2)nc1. The first-order chi connectivity index (χ1) is 16.5. The van der Waals surface area contributed by atoms with E-state index in [1.54, 1.807) is 23.6 Å². The number of hydrogen-bond acceptors (Lipinski definition) is 7. The summed E-state index contributed by atoms with van der Waals surface area (Å²) in [4.78, 5) is 38.5. The van der Waals surface area contributed by atoms with Gasteiger partial charge >= 0.3 is 0 Å². The van der Waals surface area contributed by atoms with Gasteiger partial charge in [-0.3, -0.25) is 9.59 Å². The first-order valence-corrected chi connectivity index (χ1v) is 12.8. The number of aromatic nitrogens is 3. The van der Waals surface area contributed by atoms with Gasteiger partial charge in [0, 0.05) is 23.7 Å². The van der Waals surface area contributed by atoms with E-state index < -0.39 is 0 Å². The van der Waals surface area contributed by atoms with E-state index in [-0.39, 0.29) is 23.0 Å². The van der Waals surface area contributed by atoms with Gasteiger partial charge in [0.2, 0.25) is 11.8 Å². The second kappa shape index (κ2) is 9.94. The monoisotopic (exact) mass is 496 g/mol. The molecule has 0 bridgehead atoms. The fourth-order valence-electron chi connectivity index (χ4n) is 3.81. The normalized spacial score (nSPS) is 12.6. The lowest BCUT2D eigenvalue weighted by Crippen LogP contribution is -2.24. The third kappa shape index (κ3) is 5.13. The summed E-state index contributed by atoms with van der Waals surface area (Å²) in [6.07, 6.45) is 4.70. The van der Waals surface area contributed by atoms with Crippen molar-refractivity contribution in [2.45, 2.75) is 31.6 Å². The topological polar surface area (TPSA) is 97.0 Å². The van der Waals surface area contributed by atoms with Gasteiger partial charge in [-0.05, 0) is 54.7 Å². The Morgan fingerprint density at radius 3 is 2.85 bits per heavy atom. The van der Waals surface area contributed by atoms with Gasteiger partial charge in [0.25, 0.3) is 5.56 Å². The molecule has 4 aromatic rings. The summed E-state index contributed by atoms with van der Waals surface area (Å²) in [5.41, 5.74) is 1.91. The molecule has 5 rings (SSSR count). The van der Waals surface area contributed by atoms with E-state index in [9.17, 15) is 14.0 Å². The Balaban J connectivity index is 1.09. The largest absolute Gasteiger partial charge is 0.439 e. The van der Waals surface area contributed by atoms with Gasteiger partial charge in [0.1, 0.15) is 22.2 Å². The van der Waals surface area contributed by atoms with Gasteiger partial charge in [-0.15, -0.1) is 23.1 Å². The highest BCUT2D eigenvalue weighted by molar-refractivity contribution is 7.99. The van der Waals surface area contributed by atoms with Crippen molar-refractivity contribution in [1.82, 2.24) is 20.3 Å². The Morgan fingerprint density at radius 1 is 1.21 bits per heavy atom. The molecule has 7 nitrogen and oxygen atoms in total. The molecule has 34 heavy (non-hydrogen) atoms. The zero-order valence-corrected chi connectivity index (χ0v) is 19.7. The third-order valence-corrected chi connectivity index (χ3v) is 7.55. The number of aryl methyl sites for hydroxylation is 2. The van der Waals surface area contributed by atoms with Crippen LogP contribution in [0.5, 0.6) is 11.6 Å². The van der Waals surface area contributed by atoms with Crippen LogP contribution >= 0.6 is 23.1 Å². The van der Waals surface area contributed by atoms with Crippen LogP contribution in [-0.4, -0.2) is 26.6 Å². The second-order valence-corrected chi connectivity index (χ2v) is 9.95. The van der Waals surface area contributed by atoms with E-state index in [2.05, 4.69) is 20.3 Å². The molecule has 3 heterocycles. The molecular formula is C24H21FN4O3S2. The van der Waals surface area contributed by atoms with E-state index in [1.807, 2.05) is 6.07 Å². The van der Waals surface area contributed by atoms with Crippen molar-refractivity contribution in [2.24, 2.45) is 0 Å². The number of benzene rings is 1. The Hall–Kier alpha value is -3.24. The van der Waals surface area contributed by atoms with Crippen LogP contribution in [0.15, 0.2) is 47.4 Å². The number of halogens is 1. The van der Waals surface area contributed by atoms with E-state index in [0.29, 0.717) is 29.8 Å². The lowest BCUT2D eigenvalue weighted by atomic mass is 10.2. The lowest BCUT2D eigenvalue weighted by molar-refractivity contribution is -0.118. The van der Waals surface area contributed by atoms with E-state index in [0.717, 1.165) is 40.6 Å². The Bertz CT molecular complexity index is 1380. The Kier molecular flexibility index (Phi) is 6.59. The number of nitrogens with zero attached hydrogens (tertiary/aromatic N) is 2. The van der Waals surface area contributed by atoms with Gasteiger partial charge in [-0.25, -0.2) is 14.4 Å². The minimum atomic E-state index is -0.333. The molecule has 0 atom stereocenters. The molecular weight excluding hydrogens is 475 g/mol. The van der Waals surface area contributed by atoms with Gasteiger partial charge < -0.3 is 15.0 Å². The fourth-order valence-corrected chi connectivity index (χ4v) is 5.81. The summed E-state index contributed by atoms with van der Waals surface area (Å²) >= 11 is 3.01. The highest BCUT2D eigenvalue weighted by Crippen LogP contribution is 2.34. The summed E-state index contributed by atoms with van der Waals surface area (Å²) in [5, 5.41) is 3.60. The molecule has 0 saturated heterocycles. The van der Waals surface area contributed by atoms with Gasteiger partial charge in [-0.2, -0.15) is 0 Å². The van der Waals surface area contributed by atoms with Crippen molar-refractivity contribution >= 4 is 39.2 Å². The molecule has 1 aromatic carbocycles. The summed E-state index contributed by atoms with van der Waals surface area (Å²) < 4.78 is 18.5. The highest BCUT2D eigenvalue weighted by Gasteiger charge is 2.21. The summed E-state index contributed by atoms with van der Waals surface area (Å²) in [6, 6.07) is 9.19. The second-order valence-electron chi connectivity index (χ2n) is 7.88. The van der Waals surface area contributed by atoms with Gasteiger partial charge in [0.05, 0.1) is 16.9 Å². The predicted molar refractivity (Wildman–Crippen MR) is 131 cm³/mol. The molecule has 0 aliphatic heterocycles. The number of ether oxygens (including phenoxy) is 1. The number of aromatic amines is 1. The molecule has 0 fully saturated rings. The Labute approximate surface area is 202 Å². The number of nitrogens with one attached hydrogen (secondary N) is 2. The average Bonchev–Trinajstić information content (AvgIpc) is 3.41. The van der Waals surface area contributed by atoms with Crippen LogP contribution in [0.3, 0.4) is 0 Å². The van der Waals surface area contributed by atoms with Crippen molar-refractivity contribution < 1.29 is 13.9 Å². The minimum absolute atomic E-state index is 0.0798. The number of H-pyrrole nitrogens is 1. The smallest absolute Gasteiger partial charge is 0.259 e. The number of pyridine rings is 1. The van der Waals surface area contributed by atoms with Crippen LogP contribution in [0.1, 0.15) is 28.2 Å². The maximum Gasteiger partial charge on any atom is 0.259 e. The van der Waals surface area contributed by atoms with Crippen LogP contribution in [0.2, 0.25) is 0 Å². The molecule has 174 valence electrons. The van der Waals surface area contributed by atoms with E-state index >= 15 is 0 Å². The number of rotatable bonds is 8. The maximum absolute atomic E-state index is 13.0. The number of hydrogen-bond donors (Lipinski definition) is 2. The first kappa shape index (κ1) is 22.5. The molecule has 0 spiro atoms. The number of carbonyl (C=O) groups excluding carboxylic acids is 1. The van der Waals surface area contributed by atoms with E-state index in [4.69, 9.17) is 4.74 Å². The molecule has 3 aromatic heterocycles. The number of carbonyl (C=O) groups is 1. The van der Waals surface area contributed by atoms with Crippen molar-refractivity contribution in [3.63, 3.8) is 0 Å². The first-order valence-electron chi connectivity index (χ1n) is 10.8. The zero-order chi connectivity index (χ0) is 23.5. The van der Waals surface area contributed by atoms with Crippen molar-refractivity contribution in [3.8, 4) is 11.6 Å². The highest BCUT2D eigenvalue weighted by atomic mass is 32.2. The van der Waals surface area contributed by atoms with Gasteiger partial charge in [-0.1, -0.05) is 6.07 Å². The van der Waals surface area contributed by atoms with Crippen LogP contribution in [0.4, 0.5) is 4.39 Å². The standard InChI is InChI=1S/C24H21FN4O3S2/c25-15-5-7-16(8-6-15)32-21-9-4-14(11-27-21)10-26-20(30)13-33-12-19-28-23(31)22-17-2-1-3-18(17)34-24(22)29-19/h4-9,11H,1-3,10,12-13H2,(H,26,30)(H,28,29,31). The van der Waals surface area contributed by atoms with Crippen LogP contribution < -0.4 is 15.6 Å². The molecule has 0 unspecified atom stereocenters. The van der Waals surface area contributed by atoms with E-state index in [1.165, 1.54) is 40.9 Å². The third-order valence-electron chi connectivity index (χ3n) is 5.42. The molecule has 1 aliphatic carbocycles. The van der Waals surface area contributed by atoms with Crippen LogP contribution in [0.25, 0.3) is 10.2 Å². The molecule has 2 N–H and O–H groups in total. The quantitative estimate of drug-likeness (QED) is 0.377. The molecule has 1 aliphatic rings. The minimum Gasteiger partial charge on any atom is -0.439 e. The molecule has 10 heteroatoms. The van der Waals surface area contributed by atoms with Gasteiger partial charge in [0.15, 0.2) is 0 Å². The summed E-state index contributed by atoms with van der Waals surface area (Å²) in [7, 11) is 0. The number of amides is 1. The number of fused-ring (bicyclic) bond motifs is 3. The molecule has 0 radical (unpaired) electrons. The molecule has 1 amide bonds. The molecule has 0 saturated carbocycles. The average molecular weight is 497 g/mol. The van der Waals surface area contributed by atoms with Crippen LogP contribution in [0, 0.1) is 5.82 Å². The zero-order valence-electron chi connectivity index (χ0n) is 18.1. The van der Waals surface area contributed by atoms with Crippen molar-refractivity contribution in [3.05, 3.63) is 80.6 Å². The predicted octanol–water partition coefficient (Wildman–Crippen LogP) is 4.35. The summed E-state index contributed by atoms with van der Waals surface area (Å²) in [6.45, 7) is 0.338. The number of thiophene rings is 1. The fraction of sp³-hybridized carbons (Fsp3) is 0.250. The summed E-state index contributed by atoms with van der Waals surface area (Å²) in [5.74, 6) is 1.73.